The molecular weight excluding hydrogens is 368 g/mol. The molecule has 3 N–H and O–H groups in total. The molecule has 0 saturated carbocycles. The molecule has 6 nitrogen and oxygen atoms in total. The second-order valence-electron chi connectivity index (χ2n) is 8.31. The molecule has 2 rings (SSSR count). The number of phenolic OH excluding ortho intramolecular Hbond substituents is 1. The molecule has 2 amide bonds. The molecule has 156 valence electrons. The largest absolute Gasteiger partial charge is 0.508 e. The zero-order chi connectivity index (χ0) is 21.6. The molecule has 6 heteroatoms. The summed E-state index contributed by atoms with van der Waals surface area (Å²) in [6, 6.07) is 13.9. The topological polar surface area (TPSA) is 87.7 Å². The van der Waals surface area contributed by atoms with Gasteiger partial charge < -0.3 is 20.5 Å². The van der Waals surface area contributed by atoms with Gasteiger partial charge in [-0.2, -0.15) is 0 Å². The van der Waals surface area contributed by atoms with Crippen molar-refractivity contribution in [1.29, 1.82) is 0 Å². The maximum Gasteiger partial charge on any atom is 0.408 e. The summed E-state index contributed by atoms with van der Waals surface area (Å²) in [6.07, 6.45) is -0.296. The van der Waals surface area contributed by atoms with E-state index in [1.807, 2.05) is 44.2 Å². The molecule has 0 heterocycles. The lowest BCUT2D eigenvalue weighted by Gasteiger charge is -2.24. The summed E-state index contributed by atoms with van der Waals surface area (Å²) in [5.41, 5.74) is 2.10. The number of amides is 2. The van der Waals surface area contributed by atoms with Crippen LogP contribution in [0.25, 0.3) is 11.1 Å². The van der Waals surface area contributed by atoms with Gasteiger partial charge in [0.25, 0.3) is 0 Å². The van der Waals surface area contributed by atoms with Gasteiger partial charge in [0.05, 0.1) is 0 Å². The zero-order valence-electron chi connectivity index (χ0n) is 17.7. The minimum Gasteiger partial charge on any atom is -0.508 e. The third-order valence-corrected chi connectivity index (χ3v) is 4.01. The number of aromatic hydroxyl groups is 1. The molecule has 0 spiro atoms. The second-order valence-corrected chi connectivity index (χ2v) is 8.31. The lowest BCUT2D eigenvalue weighted by molar-refractivity contribution is -0.123. The van der Waals surface area contributed by atoms with Crippen LogP contribution in [0.5, 0.6) is 5.75 Å². The number of phenols is 1. The van der Waals surface area contributed by atoms with Gasteiger partial charge in [-0.15, -0.1) is 0 Å². The SMILES string of the molecule is CC(C)NC(=O)[C@H](Cc1ccc(-c2cccc(O)c2)cc1)NC(=O)OC(C)(C)C. The summed E-state index contributed by atoms with van der Waals surface area (Å²) in [6.45, 7) is 9.06. The van der Waals surface area contributed by atoms with E-state index >= 15 is 0 Å². The molecule has 2 aromatic rings. The summed E-state index contributed by atoms with van der Waals surface area (Å²) in [5, 5.41) is 15.2. The Morgan fingerprint density at radius 2 is 1.66 bits per heavy atom. The number of carbonyl (C=O) groups is 2. The fourth-order valence-electron chi connectivity index (χ4n) is 2.80. The number of hydrogen-bond donors (Lipinski definition) is 3. The monoisotopic (exact) mass is 398 g/mol. The number of nitrogens with one attached hydrogen (secondary N) is 2. The fourth-order valence-corrected chi connectivity index (χ4v) is 2.80. The Bertz CT molecular complexity index is 839. The first kappa shape index (κ1) is 22.3. The van der Waals surface area contributed by atoms with Crippen molar-refractivity contribution in [2.75, 3.05) is 0 Å². The summed E-state index contributed by atoms with van der Waals surface area (Å²) >= 11 is 0. The van der Waals surface area contributed by atoms with Crippen LogP contribution in [0.15, 0.2) is 48.5 Å². The molecule has 0 fully saturated rings. The van der Waals surface area contributed by atoms with Crippen LogP contribution >= 0.6 is 0 Å². The smallest absolute Gasteiger partial charge is 0.408 e. The number of carbonyl (C=O) groups excluding carboxylic acids is 2. The Morgan fingerprint density at radius 3 is 2.21 bits per heavy atom. The van der Waals surface area contributed by atoms with Crippen LogP contribution in [0, 0.1) is 0 Å². The van der Waals surface area contributed by atoms with Gasteiger partial charge in [-0.1, -0.05) is 36.4 Å². The molecule has 0 bridgehead atoms. The van der Waals surface area contributed by atoms with E-state index in [1.54, 1.807) is 39.0 Å². The maximum absolute atomic E-state index is 12.6. The lowest BCUT2D eigenvalue weighted by Crippen LogP contribution is -2.50. The Morgan fingerprint density at radius 1 is 1.00 bits per heavy atom. The van der Waals surface area contributed by atoms with Crippen LogP contribution in [-0.2, 0) is 16.0 Å². The number of hydrogen-bond acceptors (Lipinski definition) is 4. The van der Waals surface area contributed by atoms with Gasteiger partial charge in [0, 0.05) is 12.5 Å². The summed E-state index contributed by atoms with van der Waals surface area (Å²) < 4.78 is 5.30. The van der Waals surface area contributed by atoms with Crippen LogP contribution in [0.2, 0.25) is 0 Å². The van der Waals surface area contributed by atoms with Gasteiger partial charge in [-0.05, 0) is 63.4 Å². The van der Waals surface area contributed by atoms with Crippen molar-refractivity contribution in [3.05, 3.63) is 54.1 Å². The third kappa shape index (κ3) is 7.49. The first-order valence-electron chi connectivity index (χ1n) is 9.72. The number of rotatable bonds is 6. The van der Waals surface area contributed by atoms with Crippen molar-refractivity contribution in [3.63, 3.8) is 0 Å². The average molecular weight is 399 g/mol. The van der Waals surface area contributed by atoms with Crippen LogP contribution in [0.1, 0.15) is 40.2 Å². The maximum atomic E-state index is 12.6. The third-order valence-electron chi connectivity index (χ3n) is 4.01. The highest BCUT2D eigenvalue weighted by Gasteiger charge is 2.25. The first-order valence-corrected chi connectivity index (χ1v) is 9.72. The highest BCUT2D eigenvalue weighted by atomic mass is 16.6. The van der Waals surface area contributed by atoms with Gasteiger partial charge in [0.2, 0.25) is 5.91 Å². The highest BCUT2D eigenvalue weighted by molar-refractivity contribution is 5.86. The quantitative estimate of drug-likeness (QED) is 0.686. The van der Waals surface area contributed by atoms with Gasteiger partial charge in [-0.25, -0.2) is 4.79 Å². The van der Waals surface area contributed by atoms with Crippen LogP contribution in [-0.4, -0.2) is 34.8 Å². The van der Waals surface area contributed by atoms with E-state index in [-0.39, 0.29) is 17.7 Å². The lowest BCUT2D eigenvalue weighted by atomic mass is 10.00. The Kier molecular flexibility index (Phi) is 7.26. The molecule has 0 unspecified atom stereocenters. The molecular formula is C23H30N2O4. The predicted molar refractivity (Wildman–Crippen MR) is 114 cm³/mol. The first-order chi connectivity index (χ1) is 13.5. The van der Waals surface area contributed by atoms with Gasteiger partial charge in [0.1, 0.15) is 17.4 Å². The van der Waals surface area contributed by atoms with E-state index in [0.29, 0.717) is 6.42 Å². The normalized spacial score (nSPS) is 12.3. The molecule has 0 radical (unpaired) electrons. The average Bonchev–Trinajstić information content (AvgIpc) is 2.59. The van der Waals surface area contributed by atoms with Crippen molar-refractivity contribution in [1.82, 2.24) is 10.6 Å². The van der Waals surface area contributed by atoms with Crippen molar-refractivity contribution in [2.24, 2.45) is 0 Å². The van der Waals surface area contributed by atoms with Crippen LogP contribution < -0.4 is 10.6 Å². The number of alkyl carbamates (subject to hydrolysis) is 1. The minimum atomic E-state index is -0.751. The highest BCUT2D eigenvalue weighted by Crippen LogP contribution is 2.23. The number of ether oxygens (including phenoxy) is 1. The van der Waals surface area contributed by atoms with E-state index in [0.717, 1.165) is 16.7 Å². The summed E-state index contributed by atoms with van der Waals surface area (Å²) in [4.78, 5) is 24.8. The molecule has 0 aliphatic carbocycles. The van der Waals surface area contributed by atoms with E-state index in [1.165, 1.54) is 0 Å². The van der Waals surface area contributed by atoms with E-state index in [2.05, 4.69) is 10.6 Å². The summed E-state index contributed by atoms with van der Waals surface area (Å²) in [5.74, 6) is -0.0542. The van der Waals surface area contributed by atoms with Crippen LogP contribution in [0.4, 0.5) is 4.79 Å². The Balaban J connectivity index is 2.14. The Labute approximate surface area is 172 Å². The zero-order valence-corrected chi connectivity index (χ0v) is 17.7. The fraction of sp³-hybridized carbons (Fsp3) is 0.391. The molecule has 0 aromatic heterocycles. The van der Waals surface area contributed by atoms with E-state index < -0.39 is 17.7 Å². The van der Waals surface area contributed by atoms with E-state index in [4.69, 9.17) is 4.74 Å². The minimum absolute atomic E-state index is 0.0430. The molecule has 29 heavy (non-hydrogen) atoms. The molecule has 2 aromatic carbocycles. The molecule has 0 aliphatic heterocycles. The van der Waals surface area contributed by atoms with Gasteiger partial charge in [0.15, 0.2) is 0 Å². The summed E-state index contributed by atoms with van der Waals surface area (Å²) in [7, 11) is 0. The van der Waals surface area contributed by atoms with Gasteiger partial charge >= 0.3 is 6.09 Å². The Hall–Kier alpha value is -3.02. The number of benzene rings is 2. The van der Waals surface area contributed by atoms with E-state index in [9.17, 15) is 14.7 Å². The standard InChI is InChI=1S/C23H30N2O4/c1-15(2)24-21(27)20(25-22(28)29-23(3,4)5)13-16-9-11-17(12-10-16)18-7-6-8-19(26)14-18/h6-12,14-15,20,26H,13H2,1-5H3,(H,24,27)(H,25,28)/t20-/m0/s1. The molecule has 1 atom stereocenters. The molecule has 0 saturated heterocycles. The molecule has 0 aliphatic rings. The van der Waals surface area contributed by atoms with Crippen molar-refractivity contribution in [2.45, 2.75) is 58.7 Å². The predicted octanol–water partition coefficient (Wildman–Crippen LogP) is 4.02. The van der Waals surface area contributed by atoms with Crippen molar-refractivity contribution < 1.29 is 19.4 Å². The van der Waals surface area contributed by atoms with Crippen LogP contribution in [0.3, 0.4) is 0 Å². The van der Waals surface area contributed by atoms with Gasteiger partial charge in [-0.3, -0.25) is 4.79 Å². The van der Waals surface area contributed by atoms with Crippen molar-refractivity contribution >= 4 is 12.0 Å². The van der Waals surface area contributed by atoms with Crippen molar-refractivity contribution in [3.8, 4) is 16.9 Å². The second kappa shape index (κ2) is 9.45.